The van der Waals surface area contributed by atoms with E-state index in [1.807, 2.05) is 28.0 Å². The van der Waals surface area contributed by atoms with Gasteiger partial charge in [-0.15, -0.1) is 0 Å². The molecule has 1 aliphatic carbocycles. The maximum atomic E-state index is 13.7. The molecular weight excluding hydrogens is 485 g/mol. The fraction of sp³-hybridized carbons (Fsp3) is 0.556. The van der Waals surface area contributed by atoms with Gasteiger partial charge in [0.25, 0.3) is 0 Å². The maximum absolute atomic E-state index is 13.7. The average Bonchev–Trinajstić information content (AvgIpc) is 3.43. The first kappa shape index (κ1) is 25.6. The van der Waals surface area contributed by atoms with Gasteiger partial charge in [0.05, 0.1) is 31.2 Å². The third kappa shape index (κ3) is 4.60. The van der Waals surface area contributed by atoms with Crippen molar-refractivity contribution in [1.82, 2.24) is 15.2 Å². The molecule has 0 bridgehead atoms. The van der Waals surface area contributed by atoms with E-state index in [1.54, 1.807) is 14.2 Å². The zero-order chi connectivity index (χ0) is 26.4. The third-order valence-corrected chi connectivity index (χ3v) is 8.58. The highest BCUT2D eigenvalue weighted by Gasteiger charge is 2.60. The van der Waals surface area contributed by atoms with Crippen molar-refractivity contribution in [1.29, 1.82) is 0 Å². The summed E-state index contributed by atoms with van der Waals surface area (Å²) in [6.45, 7) is 4.20. The van der Waals surface area contributed by atoms with Crippen LogP contribution < -0.4 is 19.7 Å². The molecule has 5 rings (SSSR count). The van der Waals surface area contributed by atoms with Gasteiger partial charge in [-0.25, -0.2) is 4.98 Å². The minimum absolute atomic E-state index is 0.0435. The molecule has 1 spiro atoms. The van der Waals surface area contributed by atoms with Gasteiger partial charge < -0.3 is 24.6 Å². The summed E-state index contributed by atoms with van der Waals surface area (Å²) >= 11 is 0. The summed E-state index contributed by atoms with van der Waals surface area (Å²) in [7, 11) is 3.25. The van der Waals surface area contributed by atoms with E-state index in [2.05, 4.69) is 17.2 Å². The summed E-state index contributed by atoms with van der Waals surface area (Å²) in [4.78, 5) is 21.7. The summed E-state index contributed by atoms with van der Waals surface area (Å²) < 4.78 is 50.5. The minimum Gasteiger partial charge on any atom is -0.497 e. The van der Waals surface area contributed by atoms with Crippen molar-refractivity contribution < 1.29 is 27.4 Å². The standard InChI is InChI=1S/C27H33F3N4O3/c1-17-22-16-33(24-12-19(7-9-31-24)27(28,29)30)10-11-34(22)25(35)26(17)8-6-20(14-26)32-15-18-4-5-21(36-2)13-23(18)37-3/h4-5,7,9,12-13,17,20,22,32H,6,8,10-11,14-16H2,1-3H3/t17?,20-,22?,26+/m1/s1. The maximum Gasteiger partial charge on any atom is 0.416 e. The molecule has 0 radical (unpaired) electrons. The number of alkyl halides is 3. The number of carbonyl (C=O) groups is 1. The first-order valence-corrected chi connectivity index (χ1v) is 12.7. The number of fused-ring (bicyclic) bond motifs is 1. The van der Waals surface area contributed by atoms with Crippen LogP contribution in [0.4, 0.5) is 19.0 Å². The third-order valence-electron chi connectivity index (χ3n) is 8.58. The topological polar surface area (TPSA) is 66.9 Å². The Kier molecular flexibility index (Phi) is 6.72. The summed E-state index contributed by atoms with van der Waals surface area (Å²) in [6.07, 6.45) is -0.754. The number of amides is 1. The Morgan fingerprint density at radius 1 is 1.16 bits per heavy atom. The molecule has 3 heterocycles. The predicted octanol–water partition coefficient (Wildman–Crippen LogP) is 4.11. The predicted molar refractivity (Wildman–Crippen MR) is 133 cm³/mol. The minimum atomic E-state index is -4.41. The number of rotatable bonds is 6. The van der Waals surface area contributed by atoms with Crippen molar-refractivity contribution in [2.45, 2.75) is 51.0 Å². The Bertz CT molecular complexity index is 1160. The highest BCUT2D eigenvalue weighted by Crippen LogP contribution is 2.53. The lowest BCUT2D eigenvalue weighted by Crippen LogP contribution is -2.53. The Morgan fingerprint density at radius 3 is 2.70 bits per heavy atom. The molecule has 1 saturated carbocycles. The fourth-order valence-electron chi connectivity index (χ4n) is 6.42. The first-order valence-electron chi connectivity index (χ1n) is 12.7. The number of nitrogens with one attached hydrogen (secondary N) is 1. The number of ether oxygens (including phenoxy) is 2. The van der Waals surface area contributed by atoms with E-state index in [-0.39, 0.29) is 23.9 Å². The number of pyridine rings is 1. The van der Waals surface area contributed by atoms with Gasteiger partial charge in [0.1, 0.15) is 17.3 Å². The van der Waals surface area contributed by atoms with Crippen LogP contribution in [0.2, 0.25) is 0 Å². The zero-order valence-corrected chi connectivity index (χ0v) is 21.3. The Morgan fingerprint density at radius 2 is 1.97 bits per heavy atom. The molecule has 2 unspecified atom stereocenters. The van der Waals surface area contributed by atoms with Gasteiger partial charge in [-0.1, -0.05) is 13.0 Å². The van der Waals surface area contributed by atoms with E-state index < -0.39 is 17.2 Å². The van der Waals surface area contributed by atoms with E-state index in [0.29, 0.717) is 32.0 Å². The lowest BCUT2D eigenvalue weighted by molar-refractivity contribution is -0.138. The molecule has 1 N–H and O–H groups in total. The molecule has 10 heteroatoms. The lowest BCUT2D eigenvalue weighted by atomic mass is 9.74. The molecule has 2 aliphatic heterocycles. The van der Waals surface area contributed by atoms with Crippen LogP contribution in [0.25, 0.3) is 0 Å². The smallest absolute Gasteiger partial charge is 0.416 e. The molecule has 3 fully saturated rings. The summed E-state index contributed by atoms with van der Waals surface area (Å²) in [5.41, 5.74) is -0.120. The largest absolute Gasteiger partial charge is 0.497 e. The van der Waals surface area contributed by atoms with Crippen LogP contribution in [0.1, 0.15) is 37.3 Å². The molecule has 1 amide bonds. The molecule has 1 aromatic carbocycles. The van der Waals surface area contributed by atoms with Gasteiger partial charge in [0.15, 0.2) is 0 Å². The van der Waals surface area contributed by atoms with Crippen molar-refractivity contribution in [3.63, 3.8) is 0 Å². The Labute approximate surface area is 214 Å². The molecule has 2 saturated heterocycles. The zero-order valence-electron chi connectivity index (χ0n) is 21.3. The molecule has 7 nitrogen and oxygen atoms in total. The number of aromatic nitrogens is 1. The molecule has 4 atom stereocenters. The van der Waals surface area contributed by atoms with Crippen molar-refractivity contribution in [2.75, 3.05) is 38.8 Å². The normalized spacial score (nSPS) is 27.6. The van der Waals surface area contributed by atoms with Crippen LogP contribution >= 0.6 is 0 Å². The van der Waals surface area contributed by atoms with Gasteiger partial charge in [-0.05, 0) is 43.4 Å². The Balaban J connectivity index is 1.26. The molecule has 3 aliphatic rings. The fourth-order valence-corrected chi connectivity index (χ4v) is 6.42. The highest BCUT2D eigenvalue weighted by molar-refractivity contribution is 5.87. The number of benzene rings is 1. The Hall–Kier alpha value is -3.01. The van der Waals surface area contributed by atoms with Crippen LogP contribution in [0.15, 0.2) is 36.5 Å². The SMILES string of the molecule is COc1ccc(CN[C@@H]2CC[C@@]3(C2)C(=O)N2CCN(c4cc(C(F)(F)F)ccn4)CC2C3C)c(OC)c1. The summed E-state index contributed by atoms with van der Waals surface area (Å²) in [5, 5.41) is 3.62. The second kappa shape index (κ2) is 9.70. The number of nitrogens with zero attached hydrogens (tertiary/aromatic N) is 3. The molecule has 1 aromatic heterocycles. The molecule has 200 valence electrons. The van der Waals surface area contributed by atoms with E-state index in [0.717, 1.165) is 48.5 Å². The van der Waals surface area contributed by atoms with Gasteiger partial charge >= 0.3 is 6.18 Å². The summed E-state index contributed by atoms with van der Waals surface area (Å²) in [5.74, 6) is 2.08. The van der Waals surface area contributed by atoms with Crippen molar-refractivity contribution >= 4 is 11.7 Å². The molecule has 37 heavy (non-hydrogen) atoms. The number of carbonyl (C=O) groups excluding carboxylic acids is 1. The number of hydrogen-bond acceptors (Lipinski definition) is 6. The summed E-state index contributed by atoms with van der Waals surface area (Å²) in [6, 6.07) is 7.99. The van der Waals surface area contributed by atoms with Gasteiger partial charge in [-0.3, -0.25) is 4.79 Å². The van der Waals surface area contributed by atoms with Crippen LogP contribution in [0.3, 0.4) is 0 Å². The van der Waals surface area contributed by atoms with Crippen LogP contribution in [0.5, 0.6) is 11.5 Å². The van der Waals surface area contributed by atoms with Gasteiger partial charge in [0.2, 0.25) is 5.91 Å². The highest BCUT2D eigenvalue weighted by atomic mass is 19.4. The van der Waals surface area contributed by atoms with E-state index in [1.165, 1.54) is 6.20 Å². The number of hydrogen-bond donors (Lipinski definition) is 1. The lowest BCUT2D eigenvalue weighted by Gasteiger charge is -2.39. The van der Waals surface area contributed by atoms with Crippen molar-refractivity contribution in [2.24, 2.45) is 11.3 Å². The van der Waals surface area contributed by atoms with Gasteiger partial charge in [0, 0.05) is 50.0 Å². The van der Waals surface area contributed by atoms with Crippen molar-refractivity contribution in [3.8, 4) is 11.5 Å². The van der Waals surface area contributed by atoms with E-state index in [4.69, 9.17) is 9.47 Å². The van der Waals surface area contributed by atoms with Crippen LogP contribution in [-0.2, 0) is 17.5 Å². The molecular formula is C27H33F3N4O3. The quantitative estimate of drug-likeness (QED) is 0.621. The van der Waals surface area contributed by atoms with Crippen LogP contribution in [0, 0.1) is 11.3 Å². The first-order chi connectivity index (χ1) is 17.7. The van der Waals surface area contributed by atoms with E-state index in [9.17, 15) is 18.0 Å². The van der Waals surface area contributed by atoms with Gasteiger partial charge in [-0.2, -0.15) is 13.2 Å². The van der Waals surface area contributed by atoms with Crippen molar-refractivity contribution in [3.05, 3.63) is 47.7 Å². The second-order valence-corrected chi connectivity index (χ2v) is 10.4. The number of piperazine rings is 1. The second-order valence-electron chi connectivity index (χ2n) is 10.4. The molecule has 2 aromatic rings. The number of anilines is 1. The number of methoxy groups -OCH3 is 2. The number of halogens is 3. The average molecular weight is 519 g/mol. The van der Waals surface area contributed by atoms with E-state index >= 15 is 0 Å². The monoisotopic (exact) mass is 518 g/mol. The van der Waals surface area contributed by atoms with Crippen LogP contribution in [-0.4, -0.2) is 61.7 Å².